The third kappa shape index (κ3) is 2.99. The molecule has 1 aromatic rings. The van der Waals surface area contributed by atoms with Crippen LogP contribution in [0, 0.1) is 5.41 Å². The predicted octanol–water partition coefficient (Wildman–Crippen LogP) is 0.791. The zero-order chi connectivity index (χ0) is 14.6. The molecule has 0 bridgehead atoms. The molecule has 2 rings (SSSR count). The number of carbonyl (C=O) groups excluding carboxylic acids is 2. The molecule has 0 saturated carbocycles. The first-order valence-corrected chi connectivity index (χ1v) is 6.95. The van der Waals surface area contributed by atoms with E-state index in [9.17, 15) is 9.59 Å². The molecular weight excluding hydrogens is 254 g/mol. The zero-order valence-corrected chi connectivity index (χ0v) is 11.7. The molecule has 1 aliphatic rings. The van der Waals surface area contributed by atoms with Gasteiger partial charge in [-0.25, -0.2) is 0 Å². The van der Waals surface area contributed by atoms with Gasteiger partial charge in [-0.2, -0.15) is 0 Å². The molecule has 1 unspecified atom stereocenters. The van der Waals surface area contributed by atoms with E-state index in [4.69, 9.17) is 5.73 Å². The van der Waals surface area contributed by atoms with Crippen LogP contribution < -0.4 is 16.4 Å². The lowest BCUT2D eigenvalue weighted by atomic mass is 9.83. The average Bonchev–Trinajstić information content (AvgIpc) is 2.95. The molecule has 0 aliphatic carbocycles. The van der Waals surface area contributed by atoms with Gasteiger partial charge in [0.25, 0.3) is 0 Å². The third-order valence-corrected chi connectivity index (χ3v) is 4.07. The van der Waals surface area contributed by atoms with Crippen molar-refractivity contribution in [2.75, 3.05) is 13.1 Å². The van der Waals surface area contributed by atoms with Crippen molar-refractivity contribution in [1.82, 2.24) is 10.6 Å². The van der Waals surface area contributed by atoms with Crippen molar-refractivity contribution < 1.29 is 9.59 Å². The van der Waals surface area contributed by atoms with Crippen molar-refractivity contribution in [3.8, 4) is 0 Å². The fourth-order valence-electron chi connectivity index (χ4n) is 2.60. The fourth-order valence-corrected chi connectivity index (χ4v) is 2.60. The normalized spacial score (nSPS) is 21.6. The van der Waals surface area contributed by atoms with Gasteiger partial charge < -0.3 is 16.4 Å². The van der Waals surface area contributed by atoms with Crippen LogP contribution in [0.3, 0.4) is 0 Å². The summed E-state index contributed by atoms with van der Waals surface area (Å²) in [6, 6.07) is 7.03. The molecule has 1 aromatic carbocycles. The summed E-state index contributed by atoms with van der Waals surface area (Å²) < 4.78 is 0. The first-order chi connectivity index (χ1) is 9.57. The molecule has 0 aromatic heterocycles. The van der Waals surface area contributed by atoms with E-state index in [-0.39, 0.29) is 11.3 Å². The Bertz CT molecular complexity index is 508. The van der Waals surface area contributed by atoms with E-state index in [2.05, 4.69) is 10.6 Å². The second-order valence-electron chi connectivity index (χ2n) is 5.31. The lowest BCUT2D eigenvalue weighted by molar-refractivity contribution is -0.130. The maximum Gasteiger partial charge on any atom is 0.248 e. The minimum absolute atomic E-state index is 0.0782. The molecule has 5 nitrogen and oxygen atoms in total. The molecule has 5 heteroatoms. The Morgan fingerprint density at radius 3 is 2.85 bits per heavy atom. The number of hydrogen-bond donors (Lipinski definition) is 3. The van der Waals surface area contributed by atoms with Gasteiger partial charge in [0.15, 0.2) is 0 Å². The molecule has 108 valence electrons. The summed E-state index contributed by atoms with van der Waals surface area (Å²) in [7, 11) is 0. The number of hydrogen-bond acceptors (Lipinski definition) is 3. The van der Waals surface area contributed by atoms with Gasteiger partial charge in [-0.3, -0.25) is 9.59 Å². The second kappa shape index (κ2) is 6.05. The molecule has 1 heterocycles. The van der Waals surface area contributed by atoms with E-state index >= 15 is 0 Å². The van der Waals surface area contributed by atoms with E-state index in [1.165, 1.54) is 0 Å². The summed E-state index contributed by atoms with van der Waals surface area (Å²) in [6.07, 6.45) is 1.70. The van der Waals surface area contributed by atoms with Gasteiger partial charge in [-0.1, -0.05) is 19.1 Å². The van der Waals surface area contributed by atoms with Crippen LogP contribution in [0.15, 0.2) is 24.3 Å². The highest BCUT2D eigenvalue weighted by Crippen LogP contribution is 2.29. The number of benzene rings is 1. The quantitative estimate of drug-likeness (QED) is 0.743. The molecule has 0 radical (unpaired) electrons. The van der Waals surface area contributed by atoms with E-state index in [0.29, 0.717) is 12.1 Å². The molecule has 1 saturated heterocycles. The first kappa shape index (κ1) is 14.5. The van der Waals surface area contributed by atoms with Crippen LogP contribution in [0.5, 0.6) is 0 Å². The van der Waals surface area contributed by atoms with Crippen molar-refractivity contribution >= 4 is 11.8 Å². The summed E-state index contributed by atoms with van der Waals surface area (Å²) in [6.45, 7) is 4.08. The van der Waals surface area contributed by atoms with Crippen LogP contribution in [0.4, 0.5) is 0 Å². The largest absolute Gasteiger partial charge is 0.366 e. The summed E-state index contributed by atoms with van der Waals surface area (Å²) in [5, 5.41) is 6.21. The number of amides is 2. The Labute approximate surface area is 118 Å². The Kier molecular flexibility index (Phi) is 4.39. The van der Waals surface area contributed by atoms with Crippen molar-refractivity contribution in [1.29, 1.82) is 0 Å². The van der Waals surface area contributed by atoms with Crippen molar-refractivity contribution in [3.05, 3.63) is 35.4 Å². The smallest absolute Gasteiger partial charge is 0.248 e. The van der Waals surface area contributed by atoms with Crippen LogP contribution >= 0.6 is 0 Å². The number of primary amides is 1. The highest BCUT2D eigenvalue weighted by atomic mass is 16.2. The van der Waals surface area contributed by atoms with E-state index in [1.54, 1.807) is 18.2 Å². The Hall–Kier alpha value is -1.88. The average molecular weight is 275 g/mol. The van der Waals surface area contributed by atoms with Gasteiger partial charge in [0.1, 0.15) is 0 Å². The van der Waals surface area contributed by atoms with Crippen LogP contribution in [-0.4, -0.2) is 24.9 Å². The number of rotatable bonds is 5. The second-order valence-corrected chi connectivity index (χ2v) is 5.31. The molecule has 1 aliphatic heterocycles. The van der Waals surface area contributed by atoms with Gasteiger partial charge >= 0.3 is 0 Å². The van der Waals surface area contributed by atoms with Gasteiger partial charge in [-0.15, -0.1) is 0 Å². The standard InChI is InChI=1S/C15H21N3O2/c1-2-15(6-7-17-10-15)14(20)18-9-11-4-3-5-12(8-11)13(16)19/h3-5,8,17H,2,6-7,9-10H2,1H3,(H2,16,19)(H,18,20). The van der Waals surface area contributed by atoms with Crippen LogP contribution in [-0.2, 0) is 11.3 Å². The summed E-state index contributed by atoms with van der Waals surface area (Å²) in [4.78, 5) is 23.5. The molecule has 20 heavy (non-hydrogen) atoms. The molecule has 1 fully saturated rings. The fraction of sp³-hybridized carbons (Fsp3) is 0.467. The Balaban J connectivity index is 1.99. The van der Waals surface area contributed by atoms with Gasteiger partial charge in [0, 0.05) is 18.7 Å². The van der Waals surface area contributed by atoms with Gasteiger partial charge in [0.2, 0.25) is 11.8 Å². The first-order valence-electron chi connectivity index (χ1n) is 6.95. The third-order valence-electron chi connectivity index (χ3n) is 4.07. The van der Waals surface area contributed by atoms with Gasteiger partial charge in [0.05, 0.1) is 5.41 Å². The van der Waals surface area contributed by atoms with Crippen LogP contribution in [0.1, 0.15) is 35.7 Å². The number of nitrogens with two attached hydrogens (primary N) is 1. The topological polar surface area (TPSA) is 84.2 Å². The molecule has 2 amide bonds. The van der Waals surface area contributed by atoms with Gasteiger partial charge in [-0.05, 0) is 37.1 Å². The summed E-state index contributed by atoms with van der Waals surface area (Å²) >= 11 is 0. The molecule has 0 spiro atoms. The van der Waals surface area contributed by atoms with E-state index in [1.807, 2.05) is 13.0 Å². The summed E-state index contributed by atoms with van der Waals surface area (Å²) in [5.74, 6) is -0.377. The summed E-state index contributed by atoms with van der Waals surface area (Å²) in [5.41, 5.74) is 6.30. The van der Waals surface area contributed by atoms with Crippen LogP contribution in [0.2, 0.25) is 0 Å². The monoisotopic (exact) mass is 275 g/mol. The maximum absolute atomic E-state index is 12.3. The van der Waals surface area contributed by atoms with E-state index in [0.717, 1.165) is 31.5 Å². The predicted molar refractivity (Wildman–Crippen MR) is 77.0 cm³/mol. The van der Waals surface area contributed by atoms with Crippen molar-refractivity contribution in [2.24, 2.45) is 11.1 Å². The SMILES string of the molecule is CCC1(C(=O)NCc2cccc(C(N)=O)c2)CCNC1. The lowest BCUT2D eigenvalue weighted by Gasteiger charge is -2.25. The van der Waals surface area contributed by atoms with Crippen molar-refractivity contribution in [3.63, 3.8) is 0 Å². The molecule has 4 N–H and O–H groups in total. The van der Waals surface area contributed by atoms with Crippen molar-refractivity contribution in [2.45, 2.75) is 26.3 Å². The van der Waals surface area contributed by atoms with E-state index < -0.39 is 5.91 Å². The van der Waals surface area contributed by atoms with Crippen LogP contribution in [0.25, 0.3) is 0 Å². The lowest BCUT2D eigenvalue weighted by Crippen LogP contribution is -2.41. The number of carbonyl (C=O) groups is 2. The minimum atomic E-state index is -0.455. The molecule has 1 atom stereocenters. The maximum atomic E-state index is 12.3. The highest BCUT2D eigenvalue weighted by Gasteiger charge is 2.39. The molecular formula is C15H21N3O2. The Morgan fingerprint density at radius 1 is 1.45 bits per heavy atom. The zero-order valence-electron chi connectivity index (χ0n) is 11.7. The minimum Gasteiger partial charge on any atom is -0.366 e. The Morgan fingerprint density at radius 2 is 2.25 bits per heavy atom. The number of nitrogens with one attached hydrogen (secondary N) is 2. The highest BCUT2D eigenvalue weighted by molar-refractivity contribution is 5.92.